The molecule has 0 aliphatic carbocycles. The molecule has 1 fully saturated rings. The first-order chi connectivity index (χ1) is 9.86. The van der Waals surface area contributed by atoms with Crippen LogP contribution in [0.1, 0.15) is 36.7 Å². The highest BCUT2D eigenvalue weighted by atomic mass is 16.4. The van der Waals surface area contributed by atoms with Gasteiger partial charge in [-0.05, 0) is 38.5 Å². The van der Waals surface area contributed by atoms with E-state index in [9.17, 15) is 9.59 Å². The lowest BCUT2D eigenvalue weighted by atomic mass is 9.96. The molecular weight excluding hydrogens is 268 g/mol. The Labute approximate surface area is 125 Å². The van der Waals surface area contributed by atoms with Gasteiger partial charge >= 0.3 is 5.97 Å². The van der Waals surface area contributed by atoms with E-state index in [1.807, 2.05) is 37.8 Å². The number of aromatic carboxylic acids is 1. The topological polar surface area (TPSA) is 60.9 Å². The lowest BCUT2D eigenvalue weighted by molar-refractivity contribution is -0.149. The number of amides is 1. The molecule has 1 amide bonds. The highest BCUT2D eigenvalue weighted by molar-refractivity contribution is 5.87. The van der Waals surface area contributed by atoms with Crippen molar-refractivity contribution in [3.05, 3.63) is 35.4 Å². The lowest BCUT2D eigenvalue weighted by Gasteiger charge is -2.45. The summed E-state index contributed by atoms with van der Waals surface area (Å²) in [7, 11) is 0. The summed E-state index contributed by atoms with van der Waals surface area (Å²) >= 11 is 0. The third kappa shape index (κ3) is 3.08. The van der Waals surface area contributed by atoms with Crippen molar-refractivity contribution >= 4 is 11.9 Å². The van der Waals surface area contributed by atoms with Crippen LogP contribution in [-0.4, -0.2) is 52.0 Å². The van der Waals surface area contributed by atoms with E-state index in [4.69, 9.17) is 5.11 Å². The van der Waals surface area contributed by atoms with E-state index in [0.717, 1.165) is 25.2 Å². The predicted molar refractivity (Wildman–Crippen MR) is 80.1 cm³/mol. The Bertz CT molecular complexity index is 537. The van der Waals surface area contributed by atoms with Crippen LogP contribution in [-0.2, 0) is 11.3 Å². The molecule has 0 unspecified atom stereocenters. The Kier molecular flexibility index (Phi) is 4.32. The van der Waals surface area contributed by atoms with Crippen molar-refractivity contribution in [3.8, 4) is 0 Å². The highest BCUT2D eigenvalue weighted by Crippen LogP contribution is 2.24. The van der Waals surface area contributed by atoms with Gasteiger partial charge in [-0.1, -0.05) is 12.1 Å². The van der Waals surface area contributed by atoms with Crippen LogP contribution in [0.5, 0.6) is 0 Å². The summed E-state index contributed by atoms with van der Waals surface area (Å²) in [6.45, 7) is 8.85. The second-order valence-electron chi connectivity index (χ2n) is 5.87. The molecule has 0 spiro atoms. The molecule has 114 valence electrons. The number of carboxylic acid groups (broad SMARTS) is 1. The van der Waals surface area contributed by atoms with Gasteiger partial charge in [0.2, 0.25) is 5.91 Å². The number of nitrogens with zero attached hydrogens (tertiary/aromatic N) is 2. The molecule has 2 rings (SSSR count). The molecule has 1 aromatic rings. The van der Waals surface area contributed by atoms with Crippen LogP contribution in [0.2, 0.25) is 0 Å². The minimum absolute atomic E-state index is 0.151. The van der Waals surface area contributed by atoms with Crippen LogP contribution in [0.15, 0.2) is 24.3 Å². The van der Waals surface area contributed by atoms with Crippen molar-refractivity contribution in [2.45, 2.75) is 32.9 Å². The van der Waals surface area contributed by atoms with Gasteiger partial charge in [0.05, 0.1) is 11.1 Å². The SMILES string of the molecule is CCN1CCN(Cc2ccc(C(=O)O)cc2)C(C)(C)C1=O. The third-order valence-electron chi connectivity index (χ3n) is 4.20. The predicted octanol–water partition coefficient (Wildman–Crippen LogP) is 1.83. The maximum Gasteiger partial charge on any atom is 0.335 e. The number of carbonyl (C=O) groups is 2. The van der Waals surface area contributed by atoms with Crippen LogP contribution in [0.3, 0.4) is 0 Å². The van der Waals surface area contributed by atoms with Crippen molar-refractivity contribution in [1.82, 2.24) is 9.80 Å². The summed E-state index contributed by atoms with van der Waals surface area (Å²) in [4.78, 5) is 27.3. The first-order valence-electron chi connectivity index (χ1n) is 7.23. The second-order valence-corrected chi connectivity index (χ2v) is 5.87. The molecule has 5 heteroatoms. The fraction of sp³-hybridized carbons (Fsp3) is 0.500. The molecule has 0 radical (unpaired) electrons. The van der Waals surface area contributed by atoms with Gasteiger partial charge in [-0.15, -0.1) is 0 Å². The van der Waals surface area contributed by atoms with Crippen molar-refractivity contribution < 1.29 is 14.7 Å². The van der Waals surface area contributed by atoms with E-state index in [1.165, 1.54) is 0 Å². The normalized spacial score (nSPS) is 18.8. The molecule has 5 nitrogen and oxygen atoms in total. The Balaban J connectivity index is 2.12. The van der Waals surface area contributed by atoms with Gasteiger partial charge in [-0.2, -0.15) is 0 Å². The molecule has 1 N–H and O–H groups in total. The van der Waals surface area contributed by atoms with Gasteiger partial charge in [0.15, 0.2) is 0 Å². The van der Waals surface area contributed by atoms with E-state index in [-0.39, 0.29) is 11.5 Å². The number of likely N-dealkylation sites (N-methyl/N-ethyl adjacent to an activating group) is 1. The fourth-order valence-electron chi connectivity index (χ4n) is 2.70. The molecule has 0 atom stereocenters. The Hall–Kier alpha value is -1.88. The smallest absolute Gasteiger partial charge is 0.335 e. The quantitative estimate of drug-likeness (QED) is 0.919. The molecule has 1 aliphatic heterocycles. The van der Waals surface area contributed by atoms with E-state index >= 15 is 0 Å². The number of hydrogen-bond donors (Lipinski definition) is 1. The fourth-order valence-corrected chi connectivity index (χ4v) is 2.70. The van der Waals surface area contributed by atoms with Gasteiger partial charge in [-0.3, -0.25) is 9.69 Å². The minimum atomic E-state index is -0.923. The molecule has 0 aromatic heterocycles. The molecular formula is C16H22N2O3. The van der Waals surface area contributed by atoms with Crippen molar-refractivity contribution in [1.29, 1.82) is 0 Å². The molecule has 0 saturated carbocycles. The van der Waals surface area contributed by atoms with Crippen LogP contribution in [0.4, 0.5) is 0 Å². The zero-order valence-corrected chi connectivity index (χ0v) is 12.8. The van der Waals surface area contributed by atoms with E-state index in [2.05, 4.69) is 4.90 Å². The Morgan fingerprint density at radius 2 is 1.86 bits per heavy atom. The maximum absolute atomic E-state index is 12.4. The molecule has 1 heterocycles. The average molecular weight is 290 g/mol. The summed E-state index contributed by atoms with van der Waals surface area (Å²) < 4.78 is 0. The Morgan fingerprint density at radius 1 is 1.24 bits per heavy atom. The van der Waals surface area contributed by atoms with Crippen LogP contribution >= 0.6 is 0 Å². The standard InChI is InChI=1S/C16H22N2O3/c1-4-17-9-10-18(16(2,3)15(17)21)11-12-5-7-13(8-6-12)14(19)20/h5-8H,4,9-11H2,1-3H3,(H,19,20). The maximum atomic E-state index is 12.4. The van der Waals surface area contributed by atoms with Gasteiger partial charge in [0.25, 0.3) is 0 Å². The number of benzene rings is 1. The monoisotopic (exact) mass is 290 g/mol. The van der Waals surface area contributed by atoms with Crippen LogP contribution < -0.4 is 0 Å². The van der Waals surface area contributed by atoms with E-state index < -0.39 is 11.5 Å². The van der Waals surface area contributed by atoms with Crippen LogP contribution in [0.25, 0.3) is 0 Å². The Morgan fingerprint density at radius 3 is 2.38 bits per heavy atom. The van der Waals surface area contributed by atoms with Gasteiger partial charge in [0, 0.05) is 26.2 Å². The zero-order chi connectivity index (χ0) is 15.6. The van der Waals surface area contributed by atoms with Gasteiger partial charge in [0.1, 0.15) is 0 Å². The zero-order valence-electron chi connectivity index (χ0n) is 12.8. The van der Waals surface area contributed by atoms with Gasteiger partial charge in [-0.25, -0.2) is 4.79 Å². The molecule has 1 aliphatic rings. The molecule has 1 saturated heterocycles. The molecule has 1 aromatic carbocycles. The van der Waals surface area contributed by atoms with Crippen molar-refractivity contribution in [3.63, 3.8) is 0 Å². The van der Waals surface area contributed by atoms with E-state index in [0.29, 0.717) is 6.54 Å². The first kappa shape index (κ1) is 15.5. The minimum Gasteiger partial charge on any atom is -0.478 e. The largest absolute Gasteiger partial charge is 0.478 e. The van der Waals surface area contributed by atoms with E-state index in [1.54, 1.807) is 12.1 Å². The lowest BCUT2D eigenvalue weighted by Crippen LogP contribution is -2.62. The summed E-state index contributed by atoms with van der Waals surface area (Å²) in [5.41, 5.74) is 0.774. The van der Waals surface area contributed by atoms with Crippen LogP contribution in [0, 0.1) is 0 Å². The number of carbonyl (C=O) groups excluding carboxylic acids is 1. The molecule has 21 heavy (non-hydrogen) atoms. The second kappa shape index (κ2) is 5.85. The first-order valence-corrected chi connectivity index (χ1v) is 7.23. The summed E-state index contributed by atoms with van der Waals surface area (Å²) in [5.74, 6) is -0.771. The number of carboxylic acids is 1. The number of hydrogen-bond acceptors (Lipinski definition) is 3. The summed E-state index contributed by atoms with van der Waals surface area (Å²) in [6.07, 6.45) is 0. The van der Waals surface area contributed by atoms with Gasteiger partial charge < -0.3 is 10.0 Å². The third-order valence-corrected chi connectivity index (χ3v) is 4.20. The summed E-state index contributed by atoms with van der Waals surface area (Å²) in [6, 6.07) is 6.84. The number of piperazine rings is 1. The number of rotatable bonds is 4. The summed E-state index contributed by atoms with van der Waals surface area (Å²) in [5, 5.41) is 8.91. The highest BCUT2D eigenvalue weighted by Gasteiger charge is 2.40. The van der Waals surface area contributed by atoms with Crippen molar-refractivity contribution in [2.75, 3.05) is 19.6 Å². The molecule has 0 bridgehead atoms. The average Bonchev–Trinajstić information content (AvgIpc) is 2.45. The van der Waals surface area contributed by atoms with Crippen molar-refractivity contribution in [2.24, 2.45) is 0 Å².